The highest BCUT2D eigenvalue weighted by Gasteiger charge is 2.07. The molecule has 0 saturated heterocycles. The van der Waals surface area contributed by atoms with Crippen molar-refractivity contribution in [2.75, 3.05) is 19.0 Å². The summed E-state index contributed by atoms with van der Waals surface area (Å²) in [5, 5.41) is 4.41. The zero-order valence-electron chi connectivity index (χ0n) is 14.6. The Morgan fingerprint density at radius 2 is 1.92 bits per heavy atom. The topological polar surface area (TPSA) is 79.6 Å². The Bertz CT molecular complexity index is 1010. The predicted octanol–water partition coefficient (Wildman–Crippen LogP) is 1.61. The molecular formula is C19H19N5O2. The Morgan fingerprint density at radius 3 is 2.65 bits per heavy atom. The van der Waals surface area contributed by atoms with E-state index in [9.17, 15) is 9.59 Å². The molecule has 0 unspecified atom stereocenters. The molecule has 0 aliphatic carbocycles. The number of nitrogens with zero attached hydrogens (tertiary/aromatic N) is 4. The third-order valence-corrected chi connectivity index (χ3v) is 3.86. The summed E-state index contributed by atoms with van der Waals surface area (Å²) in [4.78, 5) is 30.5. The normalized spacial score (nSPS) is 11.0. The third kappa shape index (κ3) is 3.94. The van der Waals surface area contributed by atoms with Gasteiger partial charge < -0.3 is 4.90 Å². The summed E-state index contributed by atoms with van der Waals surface area (Å²) in [6.07, 6.45) is 2.92. The van der Waals surface area contributed by atoms with E-state index in [2.05, 4.69) is 15.5 Å². The summed E-state index contributed by atoms with van der Waals surface area (Å²) in [6, 6.07) is 14.8. The van der Waals surface area contributed by atoms with E-state index < -0.39 is 5.91 Å². The van der Waals surface area contributed by atoms with Crippen LogP contribution in [0.15, 0.2) is 64.8 Å². The third-order valence-electron chi connectivity index (χ3n) is 3.86. The molecule has 1 N–H and O–H groups in total. The highest BCUT2D eigenvalue weighted by molar-refractivity contribution is 5.83. The van der Waals surface area contributed by atoms with E-state index in [1.54, 1.807) is 24.4 Å². The van der Waals surface area contributed by atoms with Gasteiger partial charge in [-0.1, -0.05) is 24.3 Å². The molecule has 132 valence electrons. The highest BCUT2D eigenvalue weighted by Crippen LogP contribution is 2.10. The maximum absolute atomic E-state index is 12.3. The molecule has 0 atom stereocenters. The second-order valence-corrected chi connectivity index (χ2v) is 5.97. The second kappa shape index (κ2) is 7.60. The first kappa shape index (κ1) is 17.3. The van der Waals surface area contributed by atoms with Crippen molar-refractivity contribution >= 4 is 28.7 Å². The Labute approximate surface area is 150 Å². The number of benzene rings is 2. The van der Waals surface area contributed by atoms with Crippen molar-refractivity contribution in [2.24, 2.45) is 5.10 Å². The standard InChI is InChI=1S/C19H19N5O2/c1-23(2)15-9-7-14(8-10-15)11-21-22-18(25)12-24-13-20-17-6-4-3-5-16(17)19(24)26/h3-11,13H,12H2,1-2H3,(H,22,25). The highest BCUT2D eigenvalue weighted by atomic mass is 16.2. The number of hydrazone groups is 1. The number of hydrogen-bond donors (Lipinski definition) is 1. The summed E-state index contributed by atoms with van der Waals surface area (Å²) in [5.74, 6) is -0.398. The van der Waals surface area contributed by atoms with E-state index in [1.165, 1.54) is 10.9 Å². The number of anilines is 1. The molecule has 7 heteroatoms. The Hall–Kier alpha value is -3.48. The van der Waals surface area contributed by atoms with Crippen LogP contribution in [0.25, 0.3) is 10.9 Å². The first-order valence-corrected chi connectivity index (χ1v) is 8.08. The van der Waals surface area contributed by atoms with Crippen LogP contribution in [0.5, 0.6) is 0 Å². The number of fused-ring (bicyclic) bond motifs is 1. The van der Waals surface area contributed by atoms with Crippen LogP contribution < -0.4 is 15.9 Å². The lowest BCUT2D eigenvalue weighted by Gasteiger charge is -2.11. The van der Waals surface area contributed by atoms with Crippen LogP contribution in [0, 0.1) is 0 Å². The molecule has 26 heavy (non-hydrogen) atoms. The van der Waals surface area contributed by atoms with Crippen LogP contribution >= 0.6 is 0 Å². The smallest absolute Gasteiger partial charge is 0.261 e. The molecule has 1 heterocycles. The van der Waals surface area contributed by atoms with E-state index in [-0.39, 0.29) is 12.1 Å². The van der Waals surface area contributed by atoms with Gasteiger partial charge in [0.2, 0.25) is 0 Å². The molecule has 1 aromatic heterocycles. The number of aromatic nitrogens is 2. The van der Waals surface area contributed by atoms with Gasteiger partial charge in [0.05, 0.1) is 23.4 Å². The number of carbonyl (C=O) groups is 1. The number of hydrogen-bond acceptors (Lipinski definition) is 5. The molecule has 3 rings (SSSR count). The molecule has 0 fully saturated rings. The van der Waals surface area contributed by atoms with Crippen molar-refractivity contribution < 1.29 is 4.79 Å². The fourth-order valence-corrected chi connectivity index (χ4v) is 2.45. The van der Waals surface area contributed by atoms with Crippen molar-refractivity contribution in [1.82, 2.24) is 15.0 Å². The summed E-state index contributed by atoms with van der Waals surface area (Å²) < 4.78 is 1.26. The van der Waals surface area contributed by atoms with Crippen molar-refractivity contribution in [2.45, 2.75) is 6.54 Å². The van der Waals surface area contributed by atoms with Crippen LogP contribution in [0.4, 0.5) is 5.69 Å². The number of carbonyl (C=O) groups excluding carboxylic acids is 1. The molecular weight excluding hydrogens is 330 g/mol. The molecule has 7 nitrogen and oxygen atoms in total. The van der Waals surface area contributed by atoms with Gasteiger partial charge in [-0.25, -0.2) is 10.4 Å². The Kier molecular flexibility index (Phi) is 5.07. The molecule has 1 amide bonds. The number of rotatable bonds is 5. The quantitative estimate of drug-likeness (QED) is 0.561. The minimum absolute atomic E-state index is 0.145. The van der Waals surface area contributed by atoms with Gasteiger partial charge in [-0.2, -0.15) is 5.10 Å². The van der Waals surface area contributed by atoms with Gasteiger partial charge in [0.15, 0.2) is 0 Å². The maximum atomic E-state index is 12.3. The molecule has 0 aliphatic heterocycles. The molecule has 0 aliphatic rings. The average molecular weight is 349 g/mol. The van der Waals surface area contributed by atoms with Crippen molar-refractivity contribution in [3.8, 4) is 0 Å². The number of amides is 1. The fourth-order valence-electron chi connectivity index (χ4n) is 2.45. The van der Waals surface area contributed by atoms with Crippen LogP contribution in [-0.4, -0.2) is 35.8 Å². The largest absolute Gasteiger partial charge is 0.378 e. The first-order chi connectivity index (χ1) is 12.5. The summed E-state index contributed by atoms with van der Waals surface area (Å²) >= 11 is 0. The maximum Gasteiger partial charge on any atom is 0.261 e. The average Bonchev–Trinajstić information content (AvgIpc) is 2.65. The van der Waals surface area contributed by atoms with Crippen LogP contribution in [-0.2, 0) is 11.3 Å². The lowest BCUT2D eigenvalue weighted by Crippen LogP contribution is -2.30. The van der Waals surface area contributed by atoms with E-state index in [0.29, 0.717) is 10.9 Å². The molecule has 0 spiro atoms. The van der Waals surface area contributed by atoms with E-state index in [4.69, 9.17) is 0 Å². The zero-order valence-corrected chi connectivity index (χ0v) is 14.6. The molecule has 2 aromatic carbocycles. The van der Waals surface area contributed by atoms with E-state index in [1.807, 2.05) is 49.3 Å². The van der Waals surface area contributed by atoms with E-state index >= 15 is 0 Å². The van der Waals surface area contributed by atoms with Gasteiger partial charge in [-0.05, 0) is 29.8 Å². The van der Waals surface area contributed by atoms with Gasteiger partial charge in [0.25, 0.3) is 11.5 Å². The molecule has 0 radical (unpaired) electrons. The number of para-hydroxylation sites is 1. The predicted molar refractivity (Wildman–Crippen MR) is 103 cm³/mol. The van der Waals surface area contributed by atoms with Crippen molar-refractivity contribution in [3.63, 3.8) is 0 Å². The number of nitrogens with one attached hydrogen (secondary N) is 1. The lowest BCUT2D eigenvalue weighted by molar-refractivity contribution is -0.121. The Balaban J connectivity index is 1.64. The molecule has 0 saturated carbocycles. The van der Waals surface area contributed by atoms with Crippen molar-refractivity contribution in [3.05, 3.63) is 70.8 Å². The minimum Gasteiger partial charge on any atom is -0.378 e. The van der Waals surface area contributed by atoms with Gasteiger partial charge in [0, 0.05) is 19.8 Å². The van der Waals surface area contributed by atoms with Crippen LogP contribution in [0.2, 0.25) is 0 Å². The van der Waals surface area contributed by atoms with Gasteiger partial charge in [-0.3, -0.25) is 14.2 Å². The van der Waals surface area contributed by atoms with Gasteiger partial charge in [0.1, 0.15) is 6.54 Å². The summed E-state index contributed by atoms with van der Waals surface area (Å²) in [5.41, 5.74) is 4.71. The van der Waals surface area contributed by atoms with Gasteiger partial charge in [-0.15, -0.1) is 0 Å². The molecule has 3 aromatic rings. The lowest BCUT2D eigenvalue weighted by atomic mass is 10.2. The fraction of sp³-hybridized carbons (Fsp3) is 0.158. The summed E-state index contributed by atoms with van der Waals surface area (Å²) in [7, 11) is 3.93. The minimum atomic E-state index is -0.398. The molecule has 0 bridgehead atoms. The van der Waals surface area contributed by atoms with Crippen LogP contribution in [0.3, 0.4) is 0 Å². The van der Waals surface area contributed by atoms with Crippen LogP contribution in [0.1, 0.15) is 5.56 Å². The first-order valence-electron chi connectivity index (χ1n) is 8.08. The Morgan fingerprint density at radius 1 is 1.19 bits per heavy atom. The van der Waals surface area contributed by atoms with E-state index in [0.717, 1.165) is 11.3 Å². The second-order valence-electron chi connectivity index (χ2n) is 5.97. The SMILES string of the molecule is CN(C)c1ccc(C=NNC(=O)Cn2cnc3ccccc3c2=O)cc1. The summed E-state index contributed by atoms with van der Waals surface area (Å²) in [6.45, 7) is -0.145. The van der Waals surface area contributed by atoms with Crippen molar-refractivity contribution in [1.29, 1.82) is 0 Å². The van der Waals surface area contributed by atoms with Gasteiger partial charge >= 0.3 is 0 Å². The zero-order chi connectivity index (χ0) is 18.5. The monoisotopic (exact) mass is 349 g/mol.